The van der Waals surface area contributed by atoms with E-state index in [9.17, 15) is 14.0 Å². The minimum absolute atomic E-state index is 0.204. The van der Waals surface area contributed by atoms with Crippen molar-refractivity contribution in [2.45, 2.75) is 6.92 Å². The molecule has 0 unspecified atom stereocenters. The summed E-state index contributed by atoms with van der Waals surface area (Å²) in [7, 11) is 1.29. The van der Waals surface area contributed by atoms with Crippen LogP contribution in [0.5, 0.6) is 5.75 Å². The average Bonchev–Trinajstić information content (AvgIpc) is 3.49. The summed E-state index contributed by atoms with van der Waals surface area (Å²) in [4.78, 5) is 24.4. The van der Waals surface area contributed by atoms with Crippen LogP contribution in [0.15, 0.2) is 73.2 Å². The number of rotatable bonds is 7. The zero-order chi connectivity index (χ0) is 23.4. The van der Waals surface area contributed by atoms with Crippen LogP contribution in [0.2, 0.25) is 0 Å². The quantitative estimate of drug-likeness (QED) is 0.433. The van der Waals surface area contributed by atoms with E-state index >= 15 is 0 Å². The zero-order valence-corrected chi connectivity index (χ0v) is 18.0. The molecule has 2 aromatic carbocycles. The highest BCUT2D eigenvalue weighted by Crippen LogP contribution is 2.25. The number of methoxy groups -OCH3 is 1. The van der Waals surface area contributed by atoms with Gasteiger partial charge >= 0.3 is 5.97 Å². The summed E-state index contributed by atoms with van der Waals surface area (Å²) in [6.45, 7) is 1.61. The van der Waals surface area contributed by atoms with Crippen LogP contribution in [0.25, 0.3) is 11.5 Å². The van der Waals surface area contributed by atoms with E-state index < -0.39 is 5.97 Å². The maximum Gasteiger partial charge on any atom is 0.343 e. The van der Waals surface area contributed by atoms with Gasteiger partial charge in [-0.1, -0.05) is 0 Å². The monoisotopic (exact) mass is 448 g/mol. The van der Waals surface area contributed by atoms with Crippen LogP contribution in [0.1, 0.15) is 15.9 Å². The minimum atomic E-state index is -0.485. The molecule has 0 aliphatic heterocycles. The summed E-state index contributed by atoms with van der Waals surface area (Å²) in [5, 5.41) is 7.26. The molecule has 0 saturated carbocycles. The standard InChI is InChI=1S/C24H21FN4O4/c1-16-13-19(33-15-22(30)32-2)9-10-21(16)27-23(31)20-14-26-29(18-7-5-17(25)6-8-18)24(20)28-11-3-4-12-28/h3-14H,15H2,1-2H3,(H,27,31). The van der Waals surface area contributed by atoms with E-state index in [2.05, 4.69) is 15.2 Å². The first-order valence-electron chi connectivity index (χ1n) is 10.0. The molecule has 168 valence electrons. The van der Waals surface area contributed by atoms with Gasteiger partial charge in [-0.15, -0.1) is 0 Å². The van der Waals surface area contributed by atoms with Gasteiger partial charge in [0.2, 0.25) is 0 Å². The highest BCUT2D eigenvalue weighted by Gasteiger charge is 2.20. The molecule has 0 atom stereocenters. The number of esters is 1. The number of nitrogens with zero attached hydrogens (tertiary/aromatic N) is 3. The Morgan fingerprint density at radius 3 is 2.48 bits per heavy atom. The molecule has 0 radical (unpaired) electrons. The van der Waals surface area contributed by atoms with Crippen molar-refractivity contribution < 1.29 is 23.5 Å². The summed E-state index contributed by atoms with van der Waals surface area (Å²) in [5.74, 6) is -0.215. The lowest BCUT2D eigenvalue weighted by Gasteiger charge is -2.13. The van der Waals surface area contributed by atoms with Crippen LogP contribution in [-0.2, 0) is 9.53 Å². The number of nitrogens with one attached hydrogen (secondary N) is 1. The number of carbonyl (C=O) groups is 2. The van der Waals surface area contributed by atoms with Crippen LogP contribution >= 0.6 is 0 Å². The van der Waals surface area contributed by atoms with E-state index in [1.165, 1.54) is 25.4 Å². The van der Waals surface area contributed by atoms with Gasteiger partial charge in [0.25, 0.3) is 5.91 Å². The van der Waals surface area contributed by atoms with E-state index in [1.54, 1.807) is 52.0 Å². The second-order valence-corrected chi connectivity index (χ2v) is 7.16. The van der Waals surface area contributed by atoms with Gasteiger partial charge in [0.05, 0.1) is 19.0 Å². The predicted molar refractivity (Wildman–Crippen MR) is 119 cm³/mol. The van der Waals surface area contributed by atoms with Gasteiger partial charge in [-0.05, 0) is 67.1 Å². The number of amides is 1. The lowest BCUT2D eigenvalue weighted by atomic mass is 10.1. The Kier molecular flexibility index (Phi) is 6.21. The van der Waals surface area contributed by atoms with Gasteiger partial charge in [0.1, 0.15) is 17.1 Å². The Morgan fingerprint density at radius 2 is 1.82 bits per heavy atom. The number of ether oxygens (including phenoxy) is 2. The van der Waals surface area contributed by atoms with Gasteiger partial charge in [-0.3, -0.25) is 4.79 Å². The molecule has 9 heteroatoms. The number of carbonyl (C=O) groups excluding carboxylic acids is 2. The van der Waals surface area contributed by atoms with Crippen molar-refractivity contribution in [1.82, 2.24) is 14.3 Å². The molecule has 0 bridgehead atoms. The fraction of sp³-hybridized carbons (Fsp3) is 0.125. The number of hydrogen-bond acceptors (Lipinski definition) is 5. The molecule has 0 spiro atoms. The van der Waals surface area contributed by atoms with Crippen molar-refractivity contribution in [3.05, 3.63) is 90.1 Å². The van der Waals surface area contributed by atoms with Crippen LogP contribution < -0.4 is 10.1 Å². The highest BCUT2D eigenvalue weighted by atomic mass is 19.1. The summed E-state index contributed by atoms with van der Waals surface area (Å²) in [6, 6.07) is 14.6. The lowest BCUT2D eigenvalue weighted by molar-refractivity contribution is -0.142. The molecule has 1 N–H and O–H groups in total. The second kappa shape index (κ2) is 9.39. The van der Waals surface area contributed by atoms with E-state index in [0.717, 1.165) is 5.56 Å². The Morgan fingerprint density at radius 1 is 1.09 bits per heavy atom. The zero-order valence-electron chi connectivity index (χ0n) is 18.0. The molecule has 8 nitrogen and oxygen atoms in total. The third-order valence-corrected chi connectivity index (χ3v) is 4.94. The summed E-state index contributed by atoms with van der Waals surface area (Å²) < 4.78 is 26.7. The van der Waals surface area contributed by atoms with Gasteiger partial charge in [-0.25, -0.2) is 13.9 Å². The number of halogens is 1. The van der Waals surface area contributed by atoms with Crippen molar-refractivity contribution in [2.24, 2.45) is 0 Å². The van der Waals surface area contributed by atoms with Crippen molar-refractivity contribution >= 4 is 17.6 Å². The third-order valence-electron chi connectivity index (χ3n) is 4.94. The number of hydrogen-bond donors (Lipinski definition) is 1. The van der Waals surface area contributed by atoms with Crippen LogP contribution in [0, 0.1) is 12.7 Å². The van der Waals surface area contributed by atoms with Gasteiger partial charge < -0.3 is 19.4 Å². The third kappa shape index (κ3) is 4.77. The number of aryl methyl sites for hydroxylation is 1. The molecular weight excluding hydrogens is 427 g/mol. The molecule has 2 aromatic heterocycles. The molecule has 0 aliphatic rings. The van der Waals surface area contributed by atoms with Crippen LogP contribution in [-0.4, -0.2) is 39.9 Å². The Hall–Kier alpha value is -4.40. The first-order valence-corrected chi connectivity index (χ1v) is 10.0. The fourth-order valence-corrected chi connectivity index (χ4v) is 3.25. The van der Waals surface area contributed by atoms with Crippen LogP contribution in [0.3, 0.4) is 0 Å². The molecule has 4 aromatic rings. The van der Waals surface area contributed by atoms with Gasteiger partial charge in [-0.2, -0.15) is 5.10 Å². The largest absolute Gasteiger partial charge is 0.482 e. The molecule has 4 rings (SSSR count). The maximum atomic E-state index is 13.4. The Labute approximate surface area is 189 Å². The van der Waals surface area contributed by atoms with E-state index in [-0.39, 0.29) is 18.3 Å². The Bertz CT molecular complexity index is 1280. The van der Waals surface area contributed by atoms with Gasteiger partial charge in [0, 0.05) is 18.1 Å². The fourth-order valence-electron chi connectivity index (χ4n) is 3.25. The second-order valence-electron chi connectivity index (χ2n) is 7.16. The molecule has 0 saturated heterocycles. The summed E-state index contributed by atoms with van der Waals surface area (Å²) in [5.41, 5.74) is 2.28. The lowest BCUT2D eigenvalue weighted by Crippen LogP contribution is -2.16. The number of anilines is 1. The SMILES string of the molecule is COC(=O)COc1ccc(NC(=O)c2cnn(-c3ccc(F)cc3)c2-n2cccc2)c(C)c1. The molecule has 1 amide bonds. The molecule has 0 fully saturated rings. The molecule has 2 heterocycles. The van der Waals surface area contributed by atoms with Crippen molar-refractivity contribution in [3.8, 4) is 17.3 Å². The first kappa shape index (κ1) is 21.8. The number of benzene rings is 2. The predicted octanol–water partition coefficient (Wildman–Crippen LogP) is 3.91. The average molecular weight is 448 g/mol. The Balaban J connectivity index is 1.61. The van der Waals surface area contributed by atoms with E-state index in [1.807, 2.05) is 19.1 Å². The summed E-state index contributed by atoms with van der Waals surface area (Å²) >= 11 is 0. The van der Waals surface area contributed by atoms with E-state index in [4.69, 9.17) is 4.74 Å². The minimum Gasteiger partial charge on any atom is -0.482 e. The maximum absolute atomic E-state index is 13.4. The van der Waals surface area contributed by atoms with Crippen molar-refractivity contribution in [3.63, 3.8) is 0 Å². The van der Waals surface area contributed by atoms with E-state index in [0.29, 0.717) is 28.5 Å². The number of aromatic nitrogens is 3. The molecule has 0 aliphatic carbocycles. The van der Waals surface area contributed by atoms with Crippen LogP contribution in [0.4, 0.5) is 10.1 Å². The summed E-state index contributed by atoms with van der Waals surface area (Å²) in [6.07, 6.45) is 5.07. The smallest absolute Gasteiger partial charge is 0.343 e. The highest BCUT2D eigenvalue weighted by molar-refractivity contribution is 6.06. The first-order chi connectivity index (χ1) is 16.0. The molecule has 33 heavy (non-hydrogen) atoms. The topological polar surface area (TPSA) is 87.4 Å². The van der Waals surface area contributed by atoms with Crippen molar-refractivity contribution in [2.75, 3.05) is 19.0 Å². The van der Waals surface area contributed by atoms with Gasteiger partial charge in [0.15, 0.2) is 12.4 Å². The normalized spacial score (nSPS) is 10.6. The van der Waals surface area contributed by atoms with Crippen molar-refractivity contribution in [1.29, 1.82) is 0 Å². The molecular formula is C24H21FN4O4.